The van der Waals surface area contributed by atoms with E-state index >= 15 is 0 Å². The Kier molecular flexibility index (Phi) is 3.34. The van der Waals surface area contributed by atoms with Crippen molar-refractivity contribution in [3.63, 3.8) is 0 Å². The van der Waals surface area contributed by atoms with Crippen molar-refractivity contribution in [2.45, 2.75) is 45.3 Å². The average Bonchev–Trinajstić information content (AvgIpc) is 1.77. The average molecular weight is 157 g/mol. The van der Waals surface area contributed by atoms with Crippen LogP contribution >= 0.6 is 0 Å². The molecule has 0 radical (unpaired) electrons. The number of aliphatic hydroxyl groups excluding tert-OH is 1. The van der Waals surface area contributed by atoms with Gasteiger partial charge in [0.25, 0.3) is 0 Å². The Balaban J connectivity index is 2.04. The van der Waals surface area contributed by atoms with Crippen molar-refractivity contribution in [3.8, 4) is 0 Å². The van der Waals surface area contributed by atoms with Crippen molar-refractivity contribution in [1.29, 1.82) is 0 Å². The monoisotopic (exact) mass is 157 g/mol. The zero-order chi connectivity index (χ0) is 8.27. The third kappa shape index (κ3) is 3.21. The lowest BCUT2D eigenvalue weighted by Gasteiger charge is -2.29. The maximum atomic E-state index is 9.52. The molecule has 0 amide bonds. The van der Waals surface area contributed by atoms with E-state index in [0.717, 1.165) is 19.4 Å². The Bertz CT molecular complexity index is 110. The third-order valence-corrected chi connectivity index (χ3v) is 2.23. The highest BCUT2D eigenvalue weighted by Gasteiger charge is 2.20. The molecule has 0 aromatic carbocycles. The van der Waals surface area contributed by atoms with Crippen LogP contribution in [0.2, 0.25) is 0 Å². The smallest absolute Gasteiger partial charge is 0.0557 e. The van der Waals surface area contributed by atoms with Crippen molar-refractivity contribution in [2.24, 2.45) is 5.92 Å². The Morgan fingerprint density at radius 3 is 2.55 bits per heavy atom. The molecule has 0 aliphatic carbocycles. The molecule has 2 N–H and O–H groups in total. The molecule has 2 nitrogen and oxygen atoms in total. The summed E-state index contributed by atoms with van der Waals surface area (Å²) in [7, 11) is 0. The standard InChI is InChI=1S/C9H19NO/c1-7(2)5-9(11)6-8-3-4-10-8/h7-11H,3-6H2,1-2H3. The van der Waals surface area contributed by atoms with Gasteiger partial charge < -0.3 is 10.4 Å². The molecule has 0 aromatic heterocycles. The minimum absolute atomic E-state index is 0.0900. The van der Waals surface area contributed by atoms with Gasteiger partial charge in [0.1, 0.15) is 0 Å². The summed E-state index contributed by atoms with van der Waals surface area (Å²) in [6.07, 6.45) is 3.04. The van der Waals surface area contributed by atoms with Crippen LogP contribution in [0.5, 0.6) is 0 Å². The van der Waals surface area contributed by atoms with Gasteiger partial charge in [-0.1, -0.05) is 13.8 Å². The van der Waals surface area contributed by atoms with Crippen LogP contribution in [-0.4, -0.2) is 23.8 Å². The highest BCUT2D eigenvalue weighted by molar-refractivity contribution is 4.80. The van der Waals surface area contributed by atoms with E-state index in [4.69, 9.17) is 0 Å². The minimum Gasteiger partial charge on any atom is -0.393 e. The molecule has 0 aromatic rings. The zero-order valence-corrected chi connectivity index (χ0v) is 7.51. The second-order valence-corrected chi connectivity index (χ2v) is 3.96. The van der Waals surface area contributed by atoms with Crippen molar-refractivity contribution in [2.75, 3.05) is 6.54 Å². The number of nitrogens with one attached hydrogen (secondary N) is 1. The van der Waals surface area contributed by atoms with Gasteiger partial charge in [-0.25, -0.2) is 0 Å². The second kappa shape index (κ2) is 4.07. The van der Waals surface area contributed by atoms with E-state index in [1.807, 2.05) is 0 Å². The van der Waals surface area contributed by atoms with Gasteiger partial charge in [-0.3, -0.25) is 0 Å². The Morgan fingerprint density at radius 2 is 2.18 bits per heavy atom. The molecular formula is C9H19NO. The van der Waals surface area contributed by atoms with Gasteiger partial charge in [-0.15, -0.1) is 0 Å². The van der Waals surface area contributed by atoms with Crippen LogP contribution < -0.4 is 5.32 Å². The van der Waals surface area contributed by atoms with Crippen LogP contribution in [0, 0.1) is 5.92 Å². The van der Waals surface area contributed by atoms with Crippen LogP contribution in [0.1, 0.15) is 33.1 Å². The fourth-order valence-corrected chi connectivity index (χ4v) is 1.52. The maximum Gasteiger partial charge on any atom is 0.0557 e. The highest BCUT2D eigenvalue weighted by Crippen LogP contribution is 2.14. The quantitative estimate of drug-likeness (QED) is 0.641. The van der Waals surface area contributed by atoms with Gasteiger partial charge in [0.05, 0.1) is 6.10 Å². The Hall–Kier alpha value is -0.0800. The predicted molar refractivity (Wildman–Crippen MR) is 46.5 cm³/mol. The molecule has 1 aliphatic heterocycles. The number of hydrogen-bond donors (Lipinski definition) is 2. The summed E-state index contributed by atoms with van der Waals surface area (Å²) < 4.78 is 0. The lowest BCUT2D eigenvalue weighted by molar-refractivity contribution is 0.114. The molecule has 1 saturated heterocycles. The van der Waals surface area contributed by atoms with Gasteiger partial charge in [-0.2, -0.15) is 0 Å². The highest BCUT2D eigenvalue weighted by atomic mass is 16.3. The lowest BCUT2D eigenvalue weighted by Crippen LogP contribution is -2.44. The van der Waals surface area contributed by atoms with Crippen molar-refractivity contribution in [1.82, 2.24) is 5.32 Å². The van der Waals surface area contributed by atoms with Crippen LogP contribution in [0.4, 0.5) is 0 Å². The van der Waals surface area contributed by atoms with Crippen LogP contribution in [0.25, 0.3) is 0 Å². The SMILES string of the molecule is CC(C)CC(O)CC1CCN1. The molecule has 11 heavy (non-hydrogen) atoms. The maximum absolute atomic E-state index is 9.52. The van der Waals surface area contributed by atoms with Crippen LogP contribution in [0.3, 0.4) is 0 Å². The van der Waals surface area contributed by atoms with Crippen molar-refractivity contribution < 1.29 is 5.11 Å². The lowest BCUT2D eigenvalue weighted by atomic mass is 9.95. The zero-order valence-electron chi connectivity index (χ0n) is 7.51. The Morgan fingerprint density at radius 1 is 1.55 bits per heavy atom. The minimum atomic E-state index is -0.0900. The summed E-state index contributed by atoms with van der Waals surface area (Å²) in [4.78, 5) is 0. The molecule has 1 aliphatic rings. The molecule has 2 unspecified atom stereocenters. The first-order valence-electron chi connectivity index (χ1n) is 4.60. The number of rotatable bonds is 4. The van der Waals surface area contributed by atoms with Gasteiger partial charge in [0.15, 0.2) is 0 Å². The second-order valence-electron chi connectivity index (χ2n) is 3.96. The molecule has 0 bridgehead atoms. The number of aliphatic hydroxyl groups is 1. The summed E-state index contributed by atoms with van der Waals surface area (Å²) in [5, 5.41) is 12.8. The normalized spacial score (nSPS) is 26.7. The molecule has 1 heterocycles. The Labute approximate surface area is 69.0 Å². The van der Waals surface area contributed by atoms with E-state index in [1.54, 1.807) is 0 Å². The molecule has 2 heteroatoms. The first-order valence-corrected chi connectivity index (χ1v) is 4.60. The van der Waals surface area contributed by atoms with Gasteiger partial charge in [0, 0.05) is 6.04 Å². The molecule has 0 saturated carbocycles. The van der Waals surface area contributed by atoms with E-state index in [2.05, 4.69) is 19.2 Å². The van der Waals surface area contributed by atoms with Crippen LogP contribution in [-0.2, 0) is 0 Å². The van der Waals surface area contributed by atoms with E-state index in [-0.39, 0.29) is 6.10 Å². The van der Waals surface area contributed by atoms with Gasteiger partial charge in [0.2, 0.25) is 0 Å². The molecule has 66 valence electrons. The number of hydrogen-bond acceptors (Lipinski definition) is 2. The van der Waals surface area contributed by atoms with Crippen molar-refractivity contribution >= 4 is 0 Å². The fourth-order valence-electron chi connectivity index (χ4n) is 1.52. The molecule has 0 spiro atoms. The van der Waals surface area contributed by atoms with E-state index in [1.165, 1.54) is 6.42 Å². The fraction of sp³-hybridized carbons (Fsp3) is 1.00. The van der Waals surface area contributed by atoms with Crippen molar-refractivity contribution in [3.05, 3.63) is 0 Å². The summed E-state index contributed by atoms with van der Waals surface area (Å²) in [6, 6.07) is 0.601. The summed E-state index contributed by atoms with van der Waals surface area (Å²) >= 11 is 0. The summed E-state index contributed by atoms with van der Waals surface area (Å²) in [6.45, 7) is 5.44. The molecule has 1 rings (SSSR count). The molecular weight excluding hydrogens is 138 g/mol. The largest absolute Gasteiger partial charge is 0.393 e. The van der Waals surface area contributed by atoms with Gasteiger partial charge in [-0.05, 0) is 31.7 Å². The van der Waals surface area contributed by atoms with Crippen LogP contribution in [0.15, 0.2) is 0 Å². The predicted octanol–water partition coefficient (Wildman–Crippen LogP) is 1.15. The summed E-state index contributed by atoms with van der Waals surface area (Å²) in [5.74, 6) is 0.616. The van der Waals surface area contributed by atoms with E-state index < -0.39 is 0 Å². The van der Waals surface area contributed by atoms with E-state index in [9.17, 15) is 5.11 Å². The topological polar surface area (TPSA) is 32.3 Å². The molecule has 2 atom stereocenters. The first kappa shape index (κ1) is 9.01. The first-order chi connectivity index (χ1) is 5.18. The summed E-state index contributed by atoms with van der Waals surface area (Å²) in [5.41, 5.74) is 0. The molecule has 1 fully saturated rings. The van der Waals surface area contributed by atoms with Gasteiger partial charge >= 0.3 is 0 Å². The third-order valence-electron chi connectivity index (χ3n) is 2.23. The van der Waals surface area contributed by atoms with E-state index in [0.29, 0.717) is 12.0 Å².